The number of aryl methyl sites for hydroxylation is 2. The zero-order chi connectivity index (χ0) is 10.4. The van der Waals surface area contributed by atoms with Gasteiger partial charge in [-0.2, -0.15) is 0 Å². The average Bonchev–Trinajstić information content (AvgIpc) is 2.07. The highest BCUT2D eigenvalue weighted by molar-refractivity contribution is 5.32. The van der Waals surface area contributed by atoms with Gasteiger partial charge in [0.25, 0.3) is 0 Å². The van der Waals surface area contributed by atoms with Crippen LogP contribution in [0, 0.1) is 13.8 Å². The Morgan fingerprint density at radius 2 is 1.40 bits per heavy atom. The van der Waals surface area contributed by atoms with Gasteiger partial charge in [0, 0.05) is 0 Å². The first kappa shape index (κ1) is 19.7. The van der Waals surface area contributed by atoms with Crippen LogP contribution in [0.2, 0.25) is 0 Å². The highest BCUT2D eigenvalue weighted by Crippen LogP contribution is 2.19. The predicted octanol–water partition coefficient (Wildman–Crippen LogP) is 5.73. The minimum Gasteiger partial charge on any atom is -0.0776 e. The second-order valence-corrected chi connectivity index (χ2v) is 3.51. The lowest BCUT2D eigenvalue weighted by Gasteiger charge is -2.09. The van der Waals surface area contributed by atoms with E-state index in [1.807, 2.05) is 13.8 Å². The fraction of sp³-hybridized carbons (Fsp3) is 0.600. The first-order valence-corrected chi connectivity index (χ1v) is 5.18. The smallest absolute Gasteiger partial charge is 0.0216 e. The summed E-state index contributed by atoms with van der Waals surface area (Å²) in [5, 5.41) is 0. The Bertz CT molecular complexity index is 246. The lowest BCUT2D eigenvalue weighted by molar-refractivity contribution is 0.855. The monoisotopic (exact) mass is 210 g/mol. The highest BCUT2D eigenvalue weighted by Gasteiger charge is 2.01. The van der Waals surface area contributed by atoms with Gasteiger partial charge in [-0.1, -0.05) is 66.3 Å². The Kier molecular flexibility index (Phi) is 12.8. The molecule has 1 aromatic carbocycles. The third-order valence-corrected chi connectivity index (χ3v) is 2.05. The molecule has 0 heteroatoms. The molecule has 0 fully saturated rings. The van der Waals surface area contributed by atoms with E-state index < -0.39 is 0 Å². The standard InChI is InChI=1S/C11H16.C2H6.2CH4/c1-8(2)11-6-5-9(3)7-10(11)4;1-2;;/h5-8H,1-4H3;1-2H3;2*1H4. The summed E-state index contributed by atoms with van der Waals surface area (Å²) in [6.45, 7) is 12.8. The van der Waals surface area contributed by atoms with Gasteiger partial charge in [0.05, 0.1) is 0 Å². The Balaban J connectivity index is -0.000000339. The van der Waals surface area contributed by atoms with Gasteiger partial charge in [-0.05, 0) is 30.9 Å². The Labute approximate surface area is 97.7 Å². The third-order valence-electron chi connectivity index (χ3n) is 2.05. The van der Waals surface area contributed by atoms with Crippen LogP contribution in [0.3, 0.4) is 0 Å². The molecule has 0 bridgehead atoms. The van der Waals surface area contributed by atoms with Gasteiger partial charge in [0.1, 0.15) is 0 Å². The molecular weight excluding hydrogens is 180 g/mol. The number of rotatable bonds is 1. The molecule has 0 atom stereocenters. The second-order valence-electron chi connectivity index (χ2n) is 3.51. The van der Waals surface area contributed by atoms with Gasteiger partial charge in [0.2, 0.25) is 0 Å². The van der Waals surface area contributed by atoms with Crippen molar-refractivity contribution in [3.05, 3.63) is 34.9 Å². The molecule has 0 aliphatic heterocycles. The molecule has 15 heavy (non-hydrogen) atoms. The summed E-state index contributed by atoms with van der Waals surface area (Å²) in [6, 6.07) is 6.66. The topological polar surface area (TPSA) is 0 Å². The summed E-state index contributed by atoms with van der Waals surface area (Å²) < 4.78 is 0. The lowest BCUT2D eigenvalue weighted by atomic mass is 9.97. The van der Waals surface area contributed by atoms with Crippen molar-refractivity contribution in [2.24, 2.45) is 0 Å². The number of benzene rings is 1. The maximum absolute atomic E-state index is 2.25. The maximum atomic E-state index is 2.25. The third kappa shape index (κ3) is 6.33. The molecule has 0 N–H and O–H groups in total. The molecule has 0 spiro atoms. The Morgan fingerprint density at radius 1 is 0.933 bits per heavy atom. The number of hydrogen-bond donors (Lipinski definition) is 0. The quantitative estimate of drug-likeness (QED) is 0.555. The van der Waals surface area contributed by atoms with Crippen molar-refractivity contribution in [3.8, 4) is 0 Å². The Hall–Kier alpha value is -0.780. The zero-order valence-electron chi connectivity index (χ0n) is 9.81. The molecule has 0 saturated carbocycles. The van der Waals surface area contributed by atoms with E-state index in [9.17, 15) is 0 Å². The fourth-order valence-electron chi connectivity index (χ4n) is 1.47. The van der Waals surface area contributed by atoms with Crippen molar-refractivity contribution >= 4 is 0 Å². The van der Waals surface area contributed by atoms with Gasteiger partial charge in [-0.15, -0.1) is 0 Å². The van der Waals surface area contributed by atoms with Crippen LogP contribution in [0.1, 0.15) is 65.2 Å². The van der Waals surface area contributed by atoms with Crippen molar-refractivity contribution in [2.75, 3.05) is 0 Å². The summed E-state index contributed by atoms with van der Waals surface area (Å²) in [5.41, 5.74) is 4.24. The molecule has 0 nitrogen and oxygen atoms in total. The largest absolute Gasteiger partial charge is 0.0776 e. The lowest BCUT2D eigenvalue weighted by Crippen LogP contribution is -1.91. The minimum atomic E-state index is 0. The summed E-state index contributed by atoms with van der Waals surface area (Å²) in [4.78, 5) is 0. The van der Waals surface area contributed by atoms with E-state index in [4.69, 9.17) is 0 Å². The van der Waals surface area contributed by atoms with Crippen LogP contribution in [0.4, 0.5) is 0 Å². The summed E-state index contributed by atoms with van der Waals surface area (Å²) >= 11 is 0. The van der Waals surface area contributed by atoms with E-state index in [2.05, 4.69) is 45.9 Å². The number of hydrogen-bond acceptors (Lipinski definition) is 0. The van der Waals surface area contributed by atoms with Crippen molar-refractivity contribution < 1.29 is 0 Å². The van der Waals surface area contributed by atoms with Gasteiger partial charge in [-0.25, -0.2) is 0 Å². The molecule has 0 saturated heterocycles. The fourth-order valence-corrected chi connectivity index (χ4v) is 1.47. The average molecular weight is 210 g/mol. The highest BCUT2D eigenvalue weighted by atomic mass is 14.1. The van der Waals surface area contributed by atoms with Crippen LogP contribution in [0.25, 0.3) is 0 Å². The molecule has 0 unspecified atom stereocenters. The molecule has 0 aliphatic carbocycles. The van der Waals surface area contributed by atoms with Crippen LogP contribution < -0.4 is 0 Å². The molecule has 1 rings (SSSR count). The first-order chi connectivity index (χ1) is 6.11. The van der Waals surface area contributed by atoms with Crippen LogP contribution >= 0.6 is 0 Å². The van der Waals surface area contributed by atoms with Gasteiger partial charge >= 0.3 is 0 Å². The van der Waals surface area contributed by atoms with Gasteiger partial charge < -0.3 is 0 Å². The predicted molar refractivity (Wildman–Crippen MR) is 74.8 cm³/mol. The van der Waals surface area contributed by atoms with E-state index in [0.717, 1.165) is 0 Å². The SMILES string of the molecule is C.C.CC.Cc1ccc(C(C)C)c(C)c1. The van der Waals surface area contributed by atoms with E-state index in [-0.39, 0.29) is 14.9 Å². The van der Waals surface area contributed by atoms with Crippen molar-refractivity contribution in [1.82, 2.24) is 0 Å². The molecule has 90 valence electrons. The second kappa shape index (κ2) is 9.76. The molecule has 0 radical (unpaired) electrons. The normalized spacial score (nSPS) is 8.20. The van der Waals surface area contributed by atoms with Crippen LogP contribution in [-0.2, 0) is 0 Å². The van der Waals surface area contributed by atoms with Gasteiger partial charge in [-0.3, -0.25) is 0 Å². The van der Waals surface area contributed by atoms with Crippen LogP contribution in [0.15, 0.2) is 18.2 Å². The maximum Gasteiger partial charge on any atom is -0.0216 e. The van der Waals surface area contributed by atoms with E-state index in [0.29, 0.717) is 5.92 Å². The zero-order valence-corrected chi connectivity index (χ0v) is 9.81. The van der Waals surface area contributed by atoms with Crippen LogP contribution in [0.5, 0.6) is 0 Å². The minimum absolute atomic E-state index is 0. The molecule has 0 aromatic heterocycles. The van der Waals surface area contributed by atoms with E-state index >= 15 is 0 Å². The summed E-state index contributed by atoms with van der Waals surface area (Å²) in [7, 11) is 0. The van der Waals surface area contributed by atoms with Crippen molar-refractivity contribution in [1.29, 1.82) is 0 Å². The molecule has 0 amide bonds. The summed E-state index contributed by atoms with van der Waals surface area (Å²) in [6.07, 6.45) is 0. The molecular formula is C15H30. The molecule has 0 heterocycles. The van der Waals surface area contributed by atoms with Crippen molar-refractivity contribution in [2.45, 2.75) is 62.3 Å². The summed E-state index contributed by atoms with van der Waals surface area (Å²) in [5.74, 6) is 0.649. The molecule has 1 aromatic rings. The molecule has 0 aliphatic rings. The Morgan fingerprint density at radius 3 is 1.73 bits per heavy atom. The van der Waals surface area contributed by atoms with E-state index in [1.165, 1.54) is 16.7 Å². The van der Waals surface area contributed by atoms with Gasteiger partial charge in [0.15, 0.2) is 0 Å². The van der Waals surface area contributed by atoms with Crippen LogP contribution in [-0.4, -0.2) is 0 Å². The first-order valence-electron chi connectivity index (χ1n) is 5.18. The van der Waals surface area contributed by atoms with E-state index in [1.54, 1.807) is 0 Å². The van der Waals surface area contributed by atoms with Crippen molar-refractivity contribution in [3.63, 3.8) is 0 Å².